The van der Waals surface area contributed by atoms with Crippen LogP contribution in [-0.4, -0.2) is 58.8 Å². The lowest BCUT2D eigenvalue weighted by atomic mass is 9.82. The summed E-state index contributed by atoms with van der Waals surface area (Å²) < 4.78 is 9.86. The number of nitrogens with one attached hydrogen (secondary N) is 1. The second kappa shape index (κ2) is 9.61. The topological polar surface area (TPSA) is 142 Å². The molecule has 208 valence electrons. The van der Waals surface area contributed by atoms with E-state index in [1.165, 1.54) is 0 Å². The number of carbonyl (C=O) groups excluding carboxylic acids is 1. The molecule has 0 aliphatic carbocycles. The molecule has 4 aromatic rings. The quantitative estimate of drug-likeness (QED) is 0.378. The predicted molar refractivity (Wildman–Crippen MR) is 148 cm³/mol. The van der Waals surface area contributed by atoms with Crippen molar-refractivity contribution in [2.75, 3.05) is 18.8 Å². The molecule has 1 spiro atoms. The van der Waals surface area contributed by atoms with Gasteiger partial charge in [-0.15, -0.1) is 5.10 Å². The summed E-state index contributed by atoms with van der Waals surface area (Å²) in [6.07, 6.45) is 8.65. The lowest BCUT2D eigenvalue weighted by molar-refractivity contribution is 0.193. The summed E-state index contributed by atoms with van der Waals surface area (Å²) in [5.74, 6) is 0.829. The van der Waals surface area contributed by atoms with Crippen molar-refractivity contribution in [1.82, 2.24) is 45.0 Å². The first-order chi connectivity index (χ1) is 19.1. The Morgan fingerprint density at radius 2 is 2.05 bits per heavy atom. The van der Waals surface area contributed by atoms with E-state index in [9.17, 15) is 4.79 Å². The summed E-state index contributed by atoms with van der Waals surface area (Å²) in [5, 5.41) is 16.2. The summed E-state index contributed by atoms with van der Waals surface area (Å²) in [5.41, 5.74) is 9.85. The minimum absolute atomic E-state index is 0.0991. The lowest BCUT2D eigenvalue weighted by Crippen LogP contribution is -2.48. The highest BCUT2D eigenvalue weighted by Crippen LogP contribution is 2.44. The van der Waals surface area contributed by atoms with Gasteiger partial charge in [-0.2, -0.15) is 5.10 Å². The molecule has 4 aromatic heterocycles. The number of nitrogens with two attached hydrogens (primary N) is 1. The van der Waals surface area contributed by atoms with Crippen molar-refractivity contribution in [3.63, 3.8) is 0 Å². The molecule has 1 saturated heterocycles. The van der Waals surface area contributed by atoms with Gasteiger partial charge in [0.05, 0.1) is 17.4 Å². The summed E-state index contributed by atoms with van der Waals surface area (Å²) in [6.45, 7) is 7.95. The normalized spacial score (nSPS) is 19.1. The van der Waals surface area contributed by atoms with Gasteiger partial charge < -0.3 is 20.7 Å². The molecule has 12 nitrogen and oxygen atoms in total. The number of ether oxygens (including phenoxy) is 1. The molecule has 0 saturated carbocycles. The standard InChI is InChI=1S/C28H34N10O2/c1-18(19-6-5-9-30-14-19)40-22-12-20(15-31-25(22)29)21-13-24-28(8-11-38(24)34-21)7-10-37(17-28)26(39)32-27(2,3)23-16-36(4)35-33-23/h5-6,9,12-16,18H,7-8,10-11,17H2,1-4H3,(H2,29,31)(H,32,39). The number of amides is 2. The Bertz CT molecular complexity index is 1550. The second-order valence-electron chi connectivity index (χ2n) is 11.3. The zero-order valence-corrected chi connectivity index (χ0v) is 23.2. The zero-order valence-electron chi connectivity index (χ0n) is 23.2. The van der Waals surface area contributed by atoms with Crippen LogP contribution in [0.3, 0.4) is 0 Å². The number of carbonyl (C=O) groups is 1. The van der Waals surface area contributed by atoms with Crippen molar-refractivity contribution < 1.29 is 9.53 Å². The van der Waals surface area contributed by atoms with Crippen LogP contribution in [-0.2, 0) is 24.5 Å². The average molecular weight is 543 g/mol. The van der Waals surface area contributed by atoms with Crippen LogP contribution >= 0.6 is 0 Å². The highest BCUT2D eigenvalue weighted by Gasteiger charge is 2.47. The van der Waals surface area contributed by atoms with Crippen LogP contribution in [0.2, 0.25) is 0 Å². The third-order valence-electron chi connectivity index (χ3n) is 8.06. The minimum Gasteiger partial charge on any atom is -0.482 e. The van der Waals surface area contributed by atoms with Gasteiger partial charge in [-0.25, -0.2) is 9.78 Å². The first-order valence-corrected chi connectivity index (χ1v) is 13.5. The van der Waals surface area contributed by atoms with Gasteiger partial charge in [-0.3, -0.25) is 14.3 Å². The van der Waals surface area contributed by atoms with Crippen LogP contribution in [0.1, 0.15) is 56.7 Å². The molecule has 2 aliphatic heterocycles. The third kappa shape index (κ3) is 4.63. The van der Waals surface area contributed by atoms with Crippen LogP contribution in [0, 0.1) is 0 Å². The van der Waals surface area contributed by atoms with E-state index >= 15 is 0 Å². The number of likely N-dealkylation sites (tertiary alicyclic amines) is 1. The van der Waals surface area contributed by atoms with Crippen LogP contribution in [0.5, 0.6) is 5.75 Å². The number of aromatic nitrogens is 7. The molecule has 0 radical (unpaired) electrons. The molecule has 0 bridgehead atoms. The number of fused-ring (bicyclic) bond motifs is 2. The van der Waals surface area contributed by atoms with Crippen molar-refractivity contribution >= 4 is 11.8 Å². The van der Waals surface area contributed by atoms with Gasteiger partial charge in [0.15, 0.2) is 11.6 Å². The minimum atomic E-state index is -0.637. The Morgan fingerprint density at radius 3 is 2.80 bits per heavy atom. The molecule has 12 heteroatoms. The van der Waals surface area contributed by atoms with Crippen LogP contribution in [0.4, 0.5) is 10.6 Å². The van der Waals surface area contributed by atoms with Crippen molar-refractivity contribution in [2.45, 2.75) is 57.2 Å². The molecule has 2 aliphatic rings. The number of aryl methyl sites for hydroxylation is 2. The molecule has 3 N–H and O–H groups in total. The average Bonchev–Trinajstić information content (AvgIpc) is 3.72. The van der Waals surface area contributed by atoms with E-state index in [-0.39, 0.29) is 17.6 Å². The van der Waals surface area contributed by atoms with E-state index in [1.54, 1.807) is 23.3 Å². The van der Waals surface area contributed by atoms with Gasteiger partial charge in [-0.05, 0) is 51.8 Å². The fourth-order valence-corrected chi connectivity index (χ4v) is 5.67. The Balaban J connectivity index is 1.18. The maximum Gasteiger partial charge on any atom is 0.318 e. The van der Waals surface area contributed by atoms with Gasteiger partial charge in [0.25, 0.3) is 0 Å². The first kappa shape index (κ1) is 25.8. The number of hydrogen-bond donors (Lipinski definition) is 2. The molecule has 0 aromatic carbocycles. The zero-order chi connectivity index (χ0) is 28.1. The molecule has 2 amide bonds. The second-order valence-corrected chi connectivity index (χ2v) is 11.3. The number of pyridine rings is 2. The monoisotopic (exact) mass is 542 g/mol. The Hall–Kier alpha value is -4.48. The SMILES string of the molecule is CC(Oc1cc(-c2cc3n(n2)CCC32CCN(C(=O)NC(C)(C)c3cn(C)nn3)C2)cnc1N)c1cccnc1. The highest BCUT2D eigenvalue weighted by atomic mass is 16.5. The summed E-state index contributed by atoms with van der Waals surface area (Å²) in [7, 11) is 1.81. The van der Waals surface area contributed by atoms with E-state index < -0.39 is 5.54 Å². The van der Waals surface area contributed by atoms with Crippen molar-refractivity contribution in [3.8, 4) is 17.0 Å². The van der Waals surface area contributed by atoms with Crippen LogP contribution in [0.25, 0.3) is 11.3 Å². The molecule has 40 heavy (non-hydrogen) atoms. The number of urea groups is 1. The number of nitrogen functional groups attached to an aromatic ring is 1. The van der Waals surface area contributed by atoms with E-state index in [1.807, 2.05) is 57.1 Å². The van der Waals surface area contributed by atoms with Crippen LogP contribution in [0.15, 0.2) is 49.1 Å². The van der Waals surface area contributed by atoms with Gasteiger partial charge in [0.2, 0.25) is 0 Å². The lowest BCUT2D eigenvalue weighted by Gasteiger charge is -2.28. The Morgan fingerprint density at radius 1 is 1.23 bits per heavy atom. The van der Waals surface area contributed by atoms with Crippen molar-refractivity contribution in [2.24, 2.45) is 7.05 Å². The molecular formula is C28H34N10O2. The van der Waals surface area contributed by atoms with Gasteiger partial charge in [0.1, 0.15) is 11.8 Å². The number of nitrogens with zero attached hydrogens (tertiary/aromatic N) is 8. The van der Waals surface area contributed by atoms with E-state index in [2.05, 4.69) is 36.3 Å². The molecule has 6 heterocycles. The third-order valence-corrected chi connectivity index (χ3v) is 8.06. The van der Waals surface area contributed by atoms with E-state index in [4.69, 9.17) is 15.6 Å². The number of anilines is 1. The number of hydrogen-bond acceptors (Lipinski definition) is 8. The largest absolute Gasteiger partial charge is 0.482 e. The summed E-state index contributed by atoms with van der Waals surface area (Å²) in [4.78, 5) is 23.7. The van der Waals surface area contributed by atoms with E-state index in [0.717, 1.165) is 47.6 Å². The Labute approximate surface area is 232 Å². The molecular weight excluding hydrogens is 508 g/mol. The summed E-state index contributed by atoms with van der Waals surface area (Å²) in [6, 6.07) is 7.76. The fraction of sp³-hybridized carbons (Fsp3) is 0.429. The first-order valence-electron chi connectivity index (χ1n) is 13.5. The molecule has 2 atom stereocenters. The van der Waals surface area contributed by atoms with Gasteiger partial charge in [0, 0.05) is 67.5 Å². The maximum absolute atomic E-state index is 13.3. The Kier molecular flexibility index (Phi) is 6.20. The van der Waals surface area contributed by atoms with Gasteiger partial charge in [-0.1, -0.05) is 11.3 Å². The van der Waals surface area contributed by atoms with Crippen LogP contribution < -0.4 is 15.8 Å². The van der Waals surface area contributed by atoms with Crippen molar-refractivity contribution in [1.29, 1.82) is 0 Å². The predicted octanol–water partition coefficient (Wildman–Crippen LogP) is 3.18. The van der Waals surface area contributed by atoms with E-state index in [0.29, 0.717) is 24.7 Å². The van der Waals surface area contributed by atoms with Crippen molar-refractivity contribution in [3.05, 3.63) is 66.0 Å². The molecule has 2 unspecified atom stereocenters. The fourth-order valence-electron chi connectivity index (χ4n) is 5.67. The molecule has 1 fully saturated rings. The smallest absolute Gasteiger partial charge is 0.318 e. The summed E-state index contributed by atoms with van der Waals surface area (Å²) >= 11 is 0. The van der Waals surface area contributed by atoms with Gasteiger partial charge >= 0.3 is 6.03 Å². The number of rotatable bonds is 6. The molecule has 6 rings (SSSR count). The maximum atomic E-state index is 13.3. The highest BCUT2D eigenvalue weighted by molar-refractivity contribution is 5.76.